The quantitative estimate of drug-likeness (QED) is 0.851. The van der Waals surface area contributed by atoms with E-state index in [9.17, 15) is 4.79 Å². The molecule has 21 heavy (non-hydrogen) atoms. The van der Waals surface area contributed by atoms with E-state index in [-0.39, 0.29) is 11.0 Å². The maximum Gasteiger partial charge on any atom is 0.207 e. The Morgan fingerprint density at radius 1 is 1.24 bits per heavy atom. The first-order valence-electron chi connectivity index (χ1n) is 7.50. The molecule has 0 saturated carbocycles. The van der Waals surface area contributed by atoms with Gasteiger partial charge in [-0.05, 0) is 24.6 Å². The lowest BCUT2D eigenvalue weighted by molar-refractivity contribution is 0.696. The van der Waals surface area contributed by atoms with Gasteiger partial charge in [-0.2, -0.15) is 5.26 Å². The maximum absolute atomic E-state index is 12.0. The molecule has 1 aromatic carbocycles. The Balaban J connectivity index is 0.000000921. The third-order valence-electron chi connectivity index (χ3n) is 2.69. The minimum atomic E-state index is -0.248. The van der Waals surface area contributed by atoms with Gasteiger partial charge >= 0.3 is 0 Å². The molecular formula is C17H25N3O. The zero-order chi connectivity index (χ0) is 16.4. The van der Waals surface area contributed by atoms with Crippen molar-refractivity contribution in [1.29, 1.82) is 5.26 Å². The van der Waals surface area contributed by atoms with E-state index in [0.29, 0.717) is 11.1 Å². The predicted molar refractivity (Wildman–Crippen MR) is 90.3 cm³/mol. The summed E-state index contributed by atoms with van der Waals surface area (Å²) in [6.45, 7) is 10.8. The number of aryl methyl sites for hydroxylation is 1. The fourth-order valence-corrected chi connectivity index (χ4v) is 1.92. The van der Waals surface area contributed by atoms with Crippen LogP contribution in [0.3, 0.4) is 0 Å². The summed E-state index contributed by atoms with van der Waals surface area (Å²) in [6.07, 6.45) is 2.55. The molecule has 0 radical (unpaired) electrons. The highest BCUT2D eigenvalue weighted by molar-refractivity contribution is 5.83. The van der Waals surface area contributed by atoms with Crippen molar-refractivity contribution in [1.82, 2.24) is 4.57 Å². The summed E-state index contributed by atoms with van der Waals surface area (Å²) < 4.78 is 1.93. The predicted octanol–water partition coefficient (Wildman–Crippen LogP) is 3.92. The molecule has 1 heterocycles. The Kier molecular flexibility index (Phi) is 8.55. The third kappa shape index (κ3) is 4.35. The number of fused-ring (bicyclic) bond motifs is 1. The summed E-state index contributed by atoms with van der Waals surface area (Å²) in [7, 11) is 0. The minimum Gasteiger partial charge on any atom is -0.399 e. The molecule has 114 valence electrons. The number of aromatic nitrogens is 1. The van der Waals surface area contributed by atoms with Crippen LogP contribution in [0.5, 0.6) is 0 Å². The van der Waals surface area contributed by atoms with Crippen LogP contribution in [0.2, 0.25) is 0 Å². The molecule has 2 rings (SSSR count). The number of nitrogens with zero attached hydrogens (tertiary/aromatic N) is 2. The van der Waals surface area contributed by atoms with Crippen molar-refractivity contribution in [3.63, 3.8) is 0 Å². The van der Waals surface area contributed by atoms with Crippen molar-refractivity contribution in [3.8, 4) is 6.07 Å². The van der Waals surface area contributed by atoms with Gasteiger partial charge < -0.3 is 10.3 Å². The molecule has 0 aliphatic heterocycles. The molecule has 0 atom stereocenters. The summed E-state index contributed by atoms with van der Waals surface area (Å²) >= 11 is 0. The van der Waals surface area contributed by atoms with Crippen LogP contribution < -0.4 is 11.2 Å². The minimum absolute atomic E-state index is 0.163. The average molecular weight is 287 g/mol. The Bertz CT molecular complexity index is 666. The number of pyridine rings is 1. The lowest BCUT2D eigenvalue weighted by Gasteiger charge is -2.10. The lowest BCUT2D eigenvalue weighted by Crippen LogP contribution is -2.13. The smallest absolute Gasteiger partial charge is 0.207 e. The first kappa shape index (κ1) is 18.7. The van der Waals surface area contributed by atoms with E-state index in [2.05, 4.69) is 0 Å². The van der Waals surface area contributed by atoms with Crippen LogP contribution in [0.15, 0.2) is 29.2 Å². The zero-order valence-electron chi connectivity index (χ0n) is 13.6. The van der Waals surface area contributed by atoms with Crippen LogP contribution in [-0.2, 0) is 6.54 Å². The second-order valence-electron chi connectivity index (χ2n) is 3.95. The number of nitriles is 1. The van der Waals surface area contributed by atoms with Crippen LogP contribution in [0.25, 0.3) is 10.9 Å². The number of rotatable bonds is 2. The average Bonchev–Trinajstić information content (AvgIpc) is 2.54. The van der Waals surface area contributed by atoms with E-state index in [4.69, 9.17) is 11.0 Å². The summed E-state index contributed by atoms with van der Waals surface area (Å²) in [5.74, 6) is 0. The first-order valence-corrected chi connectivity index (χ1v) is 7.50. The van der Waals surface area contributed by atoms with Crippen molar-refractivity contribution >= 4 is 16.6 Å². The fourth-order valence-electron chi connectivity index (χ4n) is 1.92. The van der Waals surface area contributed by atoms with Crippen LogP contribution in [0.1, 0.15) is 46.6 Å². The summed E-state index contributed by atoms with van der Waals surface area (Å²) in [4.78, 5) is 12.0. The molecule has 0 bridgehead atoms. The van der Waals surface area contributed by atoms with Crippen molar-refractivity contribution < 1.29 is 0 Å². The van der Waals surface area contributed by atoms with E-state index >= 15 is 0 Å². The summed E-state index contributed by atoms with van der Waals surface area (Å²) in [5.41, 5.74) is 6.95. The van der Waals surface area contributed by atoms with Crippen LogP contribution >= 0.6 is 0 Å². The second-order valence-corrected chi connectivity index (χ2v) is 3.95. The van der Waals surface area contributed by atoms with Gasteiger partial charge in [0.2, 0.25) is 5.43 Å². The highest BCUT2D eigenvalue weighted by atomic mass is 16.1. The van der Waals surface area contributed by atoms with E-state index in [1.165, 1.54) is 0 Å². The van der Waals surface area contributed by atoms with Gasteiger partial charge in [-0.15, -0.1) is 0 Å². The topological polar surface area (TPSA) is 71.8 Å². The van der Waals surface area contributed by atoms with Gasteiger partial charge in [0.15, 0.2) is 0 Å². The highest BCUT2D eigenvalue weighted by Gasteiger charge is 2.08. The normalized spacial score (nSPS) is 8.95. The summed E-state index contributed by atoms with van der Waals surface area (Å²) in [5, 5.41) is 9.46. The maximum atomic E-state index is 12.0. The Morgan fingerprint density at radius 3 is 2.38 bits per heavy atom. The molecule has 0 aliphatic carbocycles. The number of hydrogen-bond donors (Lipinski definition) is 1. The molecular weight excluding hydrogens is 262 g/mol. The van der Waals surface area contributed by atoms with Crippen LogP contribution in [0, 0.1) is 11.3 Å². The van der Waals surface area contributed by atoms with Crippen LogP contribution in [0.4, 0.5) is 5.69 Å². The largest absolute Gasteiger partial charge is 0.399 e. The van der Waals surface area contributed by atoms with Gasteiger partial charge in [0.05, 0.1) is 5.52 Å². The van der Waals surface area contributed by atoms with Crippen molar-refractivity contribution in [2.24, 2.45) is 0 Å². The van der Waals surface area contributed by atoms with E-state index in [1.807, 2.05) is 51.3 Å². The van der Waals surface area contributed by atoms with Crippen molar-refractivity contribution in [3.05, 3.63) is 40.2 Å². The van der Waals surface area contributed by atoms with Crippen molar-refractivity contribution in [2.45, 2.75) is 47.6 Å². The molecule has 0 spiro atoms. The number of hydrogen-bond acceptors (Lipinski definition) is 3. The molecule has 0 amide bonds. The monoisotopic (exact) mass is 287 g/mol. The van der Waals surface area contributed by atoms with Gasteiger partial charge in [0.25, 0.3) is 0 Å². The Hall–Kier alpha value is -2.28. The van der Waals surface area contributed by atoms with Crippen molar-refractivity contribution in [2.75, 3.05) is 5.73 Å². The number of anilines is 1. The second kappa shape index (κ2) is 9.60. The zero-order valence-corrected chi connectivity index (χ0v) is 13.6. The standard InChI is InChI=1S/C13H13N3O.2C2H6/c1-2-5-16-8-9(7-14)13(17)11-6-10(15)3-4-12(11)16;2*1-2/h3-4,6,8H,2,5,15H2,1H3;2*1-2H3. The molecule has 0 unspecified atom stereocenters. The molecule has 0 aliphatic rings. The van der Waals surface area contributed by atoms with Gasteiger partial charge in [0, 0.05) is 23.8 Å². The molecule has 0 saturated heterocycles. The molecule has 4 heteroatoms. The molecule has 4 nitrogen and oxygen atoms in total. The summed E-state index contributed by atoms with van der Waals surface area (Å²) in [6, 6.07) is 7.15. The highest BCUT2D eigenvalue weighted by Crippen LogP contribution is 2.15. The molecule has 1 aromatic heterocycles. The Labute approximate surface area is 126 Å². The van der Waals surface area contributed by atoms with Crippen LogP contribution in [-0.4, -0.2) is 4.57 Å². The molecule has 2 N–H and O–H groups in total. The molecule has 2 aromatic rings. The first-order chi connectivity index (χ1) is 10.2. The number of nitrogens with two attached hydrogens (primary N) is 1. The number of benzene rings is 1. The SMILES string of the molecule is CC.CC.CCCn1cc(C#N)c(=O)c2cc(N)ccc21. The van der Waals surface area contributed by atoms with Gasteiger partial charge in [-0.25, -0.2) is 0 Å². The van der Waals surface area contributed by atoms with E-state index in [0.717, 1.165) is 18.5 Å². The number of nitrogen functional groups attached to an aromatic ring is 1. The molecule has 0 fully saturated rings. The van der Waals surface area contributed by atoms with E-state index in [1.54, 1.807) is 18.3 Å². The fraction of sp³-hybridized carbons (Fsp3) is 0.412. The van der Waals surface area contributed by atoms with Gasteiger partial charge in [-0.3, -0.25) is 4.79 Å². The van der Waals surface area contributed by atoms with E-state index < -0.39 is 0 Å². The van der Waals surface area contributed by atoms with Gasteiger partial charge in [0.1, 0.15) is 11.6 Å². The lowest BCUT2D eigenvalue weighted by atomic mass is 10.1. The Morgan fingerprint density at radius 2 is 1.86 bits per heavy atom. The van der Waals surface area contributed by atoms with Gasteiger partial charge in [-0.1, -0.05) is 34.6 Å². The third-order valence-corrected chi connectivity index (χ3v) is 2.69.